The van der Waals surface area contributed by atoms with Gasteiger partial charge in [0.2, 0.25) is 0 Å². The van der Waals surface area contributed by atoms with Crippen molar-refractivity contribution in [2.75, 3.05) is 7.11 Å². The molecule has 30 heavy (non-hydrogen) atoms. The van der Waals surface area contributed by atoms with E-state index in [9.17, 15) is 4.55 Å². The average Bonchev–Trinajstić information content (AvgIpc) is 3.02. The first kappa shape index (κ1) is 24.8. The summed E-state index contributed by atoms with van der Waals surface area (Å²) in [6.45, 7) is 9.95. The Hall–Kier alpha value is 0.190. The standard InChI is InChI=1S/C24H44N2OS.CH4O/c1-5-6-13-24(25)15-11-19-20-18(10-14-23(19,24)4)22(3)12-8-7-9-17(22)16(2)21(20)26-28-27;1-2/h16-21,26-27H,5-15,25H2,1-4H3;2H,1H3/t16-,17?,18+,19?,20?,21-,22?,23?,24-;/m1./s1. The summed E-state index contributed by atoms with van der Waals surface area (Å²) in [6.07, 6.45) is 14.4. The number of hydrogen-bond acceptors (Lipinski definition) is 5. The van der Waals surface area contributed by atoms with Gasteiger partial charge < -0.3 is 15.4 Å². The number of nitrogens with two attached hydrogens (primary N) is 1. The maximum Gasteiger partial charge on any atom is 0.0762 e. The van der Waals surface area contributed by atoms with E-state index in [1.165, 1.54) is 70.6 Å². The quantitative estimate of drug-likeness (QED) is 0.318. The molecule has 0 amide bonds. The molecule has 5 heteroatoms. The van der Waals surface area contributed by atoms with E-state index in [-0.39, 0.29) is 11.0 Å². The Morgan fingerprint density at radius 2 is 1.70 bits per heavy atom. The van der Waals surface area contributed by atoms with E-state index in [4.69, 9.17) is 10.8 Å². The highest BCUT2D eigenvalue weighted by Crippen LogP contribution is 2.69. The van der Waals surface area contributed by atoms with Gasteiger partial charge in [0.25, 0.3) is 0 Å². The van der Waals surface area contributed by atoms with Crippen LogP contribution in [-0.4, -0.2) is 28.3 Å². The van der Waals surface area contributed by atoms with Crippen LogP contribution in [0.3, 0.4) is 0 Å². The maximum atomic E-state index is 9.79. The van der Waals surface area contributed by atoms with Crippen LogP contribution in [0.1, 0.15) is 98.3 Å². The van der Waals surface area contributed by atoms with Crippen molar-refractivity contribution in [2.45, 2.75) is 110 Å². The highest BCUT2D eigenvalue weighted by atomic mass is 32.2. The van der Waals surface area contributed by atoms with Crippen molar-refractivity contribution in [2.24, 2.45) is 46.2 Å². The van der Waals surface area contributed by atoms with Crippen molar-refractivity contribution < 1.29 is 9.66 Å². The monoisotopic (exact) mass is 440 g/mol. The number of aliphatic hydroxyl groups excluding tert-OH is 1. The molecule has 0 aromatic carbocycles. The number of rotatable bonds is 5. The zero-order valence-electron chi connectivity index (χ0n) is 20.1. The Labute approximate surface area is 189 Å². The van der Waals surface area contributed by atoms with Crippen LogP contribution in [0.25, 0.3) is 0 Å². The Kier molecular flexibility index (Phi) is 7.93. The maximum absolute atomic E-state index is 9.79. The minimum Gasteiger partial charge on any atom is -0.400 e. The minimum absolute atomic E-state index is 0.0170. The van der Waals surface area contributed by atoms with Gasteiger partial charge in [-0.25, -0.2) is 4.72 Å². The predicted molar refractivity (Wildman–Crippen MR) is 128 cm³/mol. The van der Waals surface area contributed by atoms with Crippen LogP contribution in [0.2, 0.25) is 0 Å². The van der Waals surface area contributed by atoms with Crippen molar-refractivity contribution in [3.8, 4) is 0 Å². The van der Waals surface area contributed by atoms with Gasteiger partial charge in [-0.05, 0) is 85.4 Å². The highest BCUT2D eigenvalue weighted by Gasteiger charge is 2.66. The number of nitrogens with one attached hydrogen (secondary N) is 1. The molecule has 0 aromatic heterocycles. The van der Waals surface area contributed by atoms with Gasteiger partial charge in [-0.15, -0.1) is 0 Å². The third-order valence-corrected chi connectivity index (χ3v) is 11.1. The topological polar surface area (TPSA) is 78.5 Å². The minimum atomic E-state index is 0.0170. The predicted octanol–water partition coefficient (Wildman–Crippen LogP) is 5.85. The third-order valence-electron chi connectivity index (χ3n) is 10.7. The van der Waals surface area contributed by atoms with Crippen LogP contribution >= 0.6 is 12.2 Å². The fraction of sp³-hybridized carbons (Fsp3) is 1.00. The molecule has 0 aromatic rings. The lowest BCUT2D eigenvalue weighted by Crippen LogP contribution is -2.65. The van der Waals surface area contributed by atoms with Gasteiger partial charge in [0.05, 0.1) is 12.2 Å². The first-order chi connectivity index (χ1) is 14.3. The Morgan fingerprint density at radius 1 is 1.00 bits per heavy atom. The largest absolute Gasteiger partial charge is 0.400 e. The smallest absolute Gasteiger partial charge is 0.0762 e. The Bertz CT molecular complexity index is 577. The lowest BCUT2D eigenvalue weighted by molar-refractivity contribution is -0.146. The van der Waals surface area contributed by atoms with Crippen molar-refractivity contribution in [3.63, 3.8) is 0 Å². The number of fused-ring (bicyclic) bond motifs is 5. The van der Waals surface area contributed by atoms with Gasteiger partial charge in [-0.2, -0.15) is 0 Å². The summed E-state index contributed by atoms with van der Waals surface area (Å²) >= 11 is 0.872. The molecule has 9 atom stereocenters. The summed E-state index contributed by atoms with van der Waals surface area (Å²) in [5.74, 6) is 3.61. The summed E-state index contributed by atoms with van der Waals surface area (Å²) in [4.78, 5) is 0. The Balaban J connectivity index is 0.00000124. The van der Waals surface area contributed by atoms with Gasteiger partial charge in [0, 0.05) is 18.7 Å². The van der Waals surface area contributed by atoms with Crippen molar-refractivity contribution in [1.82, 2.24) is 4.72 Å². The molecule has 5 unspecified atom stereocenters. The van der Waals surface area contributed by atoms with Crippen LogP contribution < -0.4 is 10.5 Å². The second kappa shape index (κ2) is 9.59. The third kappa shape index (κ3) is 3.69. The summed E-state index contributed by atoms with van der Waals surface area (Å²) in [6, 6.07) is 0.425. The first-order valence-electron chi connectivity index (χ1n) is 12.6. The Morgan fingerprint density at radius 3 is 2.37 bits per heavy atom. The molecule has 0 saturated heterocycles. The van der Waals surface area contributed by atoms with E-state index in [0.29, 0.717) is 29.2 Å². The molecule has 0 radical (unpaired) electrons. The number of unbranched alkanes of at least 4 members (excludes halogenated alkanes) is 1. The van der Waals surface area contributed by atoms with Crippen molar-refractivity contribution in [3.05, 3.63) is 0 Å². The van der Waals surface area contributed by atoms with E-state index in [0.717, 1.165) is 31.2 Å². The number of hydrogen-bond donors (Lipinski definition) is 4. The lowest BCUT2D eigenvalue weighted by Gasteiger charge is -2.65. The molecule has 176 valence electrons. The fourth-order valence-corrected chi connectivity index (χ4v) is 9.59. The van der Waals surface area contributed by atoms with Crippen LogP contribution in [0.4, 0.5) is 0 Å². The molecule has 0 spiro atoms. The normalized spacial score (nSPS) is 50.0. The van der Waals surface area contributed by atoms with E-state index in [2.05, 4.69) is 32.4 Å². The molecule has 0 heterocycles. The SMILES string of the molecule is CCCC[C@@]1(N)CCC2C3[C@H](NSO)[C@H](C)C4CCCCC4(C)[C@H]3CCC21C.CO. The molecule has 4 aliphatic rings. The molecule has 0 bridgehead atoms. The zero-order valence-corrected chi connectivity index (χ0v) is 20.9. The number of aliphatic hydroxyl groups is 1. The molecule has 4 fully saturated rings. The summed E-state index contributed by atoms with van der Waals surface area (Å²) in [7, 11) is 1.00. The van der Waals surface area contributed by atoms with E-state index in [1.807, 2.05) is 0 Å². The van der Waals surface area contributed by atoms with Gasteiger partial charge >= 0.3 is 0 Å². The van der Waals surface area contributed by atoms with E-state index >= 15 is 0 Å². The second-order valence-corrected chi connectivity index (χ2v) is 11.9. The molecular weight excluding hydrogens is 392 g/mol. The van der Waals surface area contributed by atoms with Gasteiger partial charge in [0.15, 0.2) is 0 Å². The average molecular weight is 441 g/mol. The summed E-state index contributed by atoms with van der Waals surface area (Å²) in [5.41, 5.74) is 7.97. The highest BCUT2D eigenvalue weighted by molar-refractivity contribution is 7.91. The molecule has 4 saturated carbocycles. The van der Waals surface area contributed by atoms with Crippen molar-refractivity contribution >= 4 is 12.2 Å². The molecule has 4 nitrogen and oxygen atoms in total. The van der Waals surface area contributed by atoms with E-state index in [1.54, 1.807) is 0 Å². The molecule has 4 aliphatic carbocycles. The van der Waals surface area contributed by atoms with Crippen LogP contribution in [0.5, 0.6) is 0 Å². The second-order valence-electron chi connectivity index (χ2n) is 11.5. The summed E-state index contributed by atoms with van der Waals surface area (Å²) < 4.78 is 13.3. The summed E-state index contributed by atoms with van der Waals surface area (Å²) in [5, 5.41) is 7.00. The zero-order chi connectivity index (χ0) is 22.2. The van der Waals surface area contributed by atoms with Crippen LogP contribution in [0, 0.1) is 40.4 Å². The first-order valence-corrected chi connectivity index (χ1v) is 13.4. The van der Waals surface area contributed by atoms with Gasteiger partial charge in [-0.3, -0.25) is 0 Å². The van der Waals surface area contributed by atoms with Gasteiger partial charge in [-0.1, -0.05) is 53.4 Å². The lowest BCUT2D eigenvalue weighted by atomic mass is 9.41. The fourth-order valence-electron chi connectivity index (χ4n) is 9.10. The van der Waals surface area contributed by atoms with Crippen LogP contribution in [-0.2, 0) is 0 Å². The molecule has 0 aliphatic heterocycles. The molecular formula is C25H48N2O2S. The van der Waals surface area contributed by atoms with Crippen molar-refractivity contribution in [1.29, 1.82) is 0 Å². The van der Waals surface area contributed by atoms with E-state index < -0.39 is 0 Å². The molecule has 4 rings (SSSR count). The van der Waals surface area contributed by atoms with Crippen LogP contribution in [0.15, 0.2) is 0 Å². The van der Waals surface area contributed by atoms with Gasteiger partial charge in [0.1, 0.15) is 0 Å². The molecule has 5 N–H and O–H groups in total.